The molecule has 2 atom stereocenters. The Labute approximate surface area is 266 Å². The molecule has 2 aromatic carbocycles. The van der Waals surface area contributed by atoms with E-state index in [1.165, 1.54) is 23.1 Å². The second kappa shape index (κ2) is 13.8. The third-order valence-electron chi connectivity index (χ3n) is 7.62. The van der Waals surface area contributed by atoms with E-state index in [-0.39, 0.29) is 47.5 Å². The smallest absolute Gasteiger partial charge is 0.411 e. The molecule has 12 heteroatoms. The van der Waals surface area contributed by atoms with E-state index in [0.717, 1.165) is 16.7 Å². The second-order valence-corrected chi connectivity index (χ2v) is 13.7. The number of hydrogen-bond acceptors (Lipinski definition) is 8. The van der Waals surface area contributed by atoms with E-state index in [0.29, 0.717) is 12.1 Å². The average Bonchev–Trinajstić information content (AvgIpc) is 2.95. The van der Waals surface area contributed by atoms with E-state index in [1.807, 2.05) is 52.8 Å². The topological polar surface area (TPSA) is 131 Å². The number of benzene rings is 2. The maximum Gasteiger partial charge on any atom is 0.411 e. The Morgan fingerprint density at radius 2 is 1.73 bits per heavy atom. The predicted molar refractivity (Wildman–Crippen MR) is 173 cm³/mol. The fraction of sp³-hybridized carbons (Fsp3) is 0.455. The summed E-state index contributed by atoms with van der Waals surface area (Å²) in [6.45, 7) is 15.4. The van der Waals surface area contributed by atoms with Crippen LogP contribution in [0.5, 0.6) is 5.88 Å². The molecule has 1 aliphatic heterocycles. The van der Waals surface area contributed by atoms with E-state index >= 15 is 0 Å². The molecule has 0 saturated carbocycles. The molecular weight excluding hydrogens is 594 g/mol. The molecule has 0 spiro atoms. The molecule has 2 amide bonds. The van der Waals surface area contributed by atoms with Gasteiger partial charge < -0.3 is 14.4 Å². The van der Waals surface area contributed by atoms with E-state index in [4.69, 9.17) is 9.47 Å². The van der Waals surface area contributed by atoms with E-state index in [1.54, 1.807) is 37.8 Å². The molecule has 1 aliphatic rings. The van der Waals surface area contributed by atoms with Crippen LogP contribution in [0.2, 0.25) is 0 Å². The number of carbonyl (C=O) groups excluding carboxylic acids is 2. The zero-order valence-corrected chi connectivity index (χ0v) is 28.0. The quantitative estimate of drug-likeness (QED) is 0.333. The molecule has 3 aromatic rings. The largest absolute Gasteiger partial charge is 0.475 e. The van der Waals surface area contributed by atoms with Gasteiger partial charge in [-0.2, -0.15) is 4.98 Å². The SMILES string of the molecule is CCN(C(=O)OC(C)C)C(C)N1C(=O)c2cccc(c2)S(=O)(=O)Nc2nc(cc(-c3c(C)cccc3C)n2)OCC1CC(C)C. The van der Waals surface area contributed by atoms with Gasteiger partial charge in [-0.15, -0.1) is 0 Å². The van der Waals surface area contributed by atoms with Gasteiger partial charge in [0, 0.05) is 23.7 Å². The lowest BCUT2D eigenvalue weighted by atomic mass is 10.00. The highest BCUT2D eigenvalue weighted by molar-refractivity contribution is 7.92. The first-order chi connectivity index (χ1) is 21.2. The number of fused-ring (bicyclic) bond motifs is 4. The average molecular weight is 638 g/mol. The van der Waals surface area contributed by atoms with Crippen LogP contribution in [0, 0.1) is 19.8 Å². The third-order valence-corrected chi connectivity index (χ3v) is 8.94. The van der Waals surface area contributed by atoms with Crippen molar-refractivity contribution in [3.8, 4) is 17.1 Å². The molecular formula is C33H43N5O6S. The Kier molecular flexibility index (Phi) is 10.4. The molecule has 4 rings (SSSR count). The first-order valence-corrected chi connectivity index (χ1v) is 16.7. The van der Waals surface area contributed by atoms with Gasteiger partial charge in [0.05, 0.1) is 22.7 Å². The van der Waals surface area contributed by atoms with Crippen molar-refractivity contribution in [2.45, 2.75) is 85.0 Å². The number of aryl methyl sites for hydroxylation is 2. The number of nitrogens with one attached hydrogen (secondary N) is 1. The van der Waals surface area contributed by atoms with Crippen LogP contribution >= 0.6 is 0 Å². The van der Waals surface area contributed by atoms with Gasteiger partial charge in [-0.05, 0) is 83.2 Å². The fourth-order valence-electron chi connectivity index (χ4n) is 5.61. The van der Waals surface area contributed by atoms with Crippen LogP contribution in [0.25, 0.3) is 11.3 Å². The van der Waals surface area contributed by atoms with Crippen molar-refractivity contribution in [2.75, 3.05) is 17.9 Å². The van der Waals surface area contributed by atoms with Crippen LogP contribution in [-0.4, -0.2) is 71.6 Å². The summed E-state index contributed by atoms with van der Waals surface area (Å²) in [5, 5.41) is 0. The van der Waals surface area contributed by atoms with Crippen molar-refractivity contribution in [3.63, 3.8) is 0 Å². The van der Waals surface area contributed by atoms with Gasteiger partial charge in [0.1, 0.15) is 12.8 Å². The summed E-state index contributed by atoms with van der Waals surface area (Å²) < 4.78 is 41.5. The zero-order chi connectivity index (χ0) is 33.1. The number of anilines is 1. The Hall–Kier alpha value is -4.19. The van der Waals surface area contributed by atoms with Crippen LogP contribution in [0.1, 0.15) is 69.4 Å². The van der Waals surface area contributed by atoms with Gasteiger partial charge in [0.25, 0.3) is 15.9 Å². The molecule has 2 unspecified atom stereocenters. The summed E-state index contributed by atoms with van der Waals surface area (Å²) in [7, 11) is -4.21. The molecule has 45 heavy (non-hydrogen) atoms. The Bertz CT molecular complexity index is 1640. The van der Waals surface area contributed by atoms with Crippen LogP contribution in [-0.2, 0) is 14.8 Å². The minimum atomic E-state index is -4.21. The number of aromatic nitrogens is 2. The fourth-order valence-corrected chi connectivity index (χ4v) is 6.60. The minimum Gasteiger partial charge on any atom is -0.475 e. The summed E-state index contributed by atoms with van der Waals surface area (Å²) in [5.74, 6) is -0.307. The highest BCUT2D eigenvalue weighted by Gasteiger charge is 2.36. The summed E-state index contributed by atoms with van der Waals surface area (Å²) >= 11 is 0. The standard InChI is InChI=1S/C33H43N5O6S/c1-9-37(33(40)44-21(4)5)24(8)38-26(16-20(2)3)19-43-29-18-28(30-22(6)12-10-13-23(30)7)34-32(35-29)36-45(41,42)27-15-11-14-25(17-27)31(38)39/h10-15,17-18,20-21,24,26H,9,16,19H2,1-8H3,(H,34,35,36). The minimum absolute atomic E-state index is 0.0279. The van der Waals surface area contributed by atoms with Gasteiger partial charge in [0.15, 0.2) is 0 Å². The first-order valence-electron chi connectivity index (χ1n) is 15.2. The molecule has 0 aliphatic carbocycles. The van der Waals surface area contributed by atoms with Crippen molar-refractivity contribution in [2.24, 2.45) is 5.92 Å². The highest BCUT2D eigenvalue weighted by Crippen LogP contribution is 2.31. The van der Waals surface area contributed by atoms with Crippen LogP contribution in [0.4, 0.5) is 10.7 Å². The molecule has 4 bridgehead atoms. The van der Waals surface area contributed by atoms with Gasteiger partial charge in [-0.1, -0.05) is 38.1 Å². The van der Waals surface area contributed by atoms with Crippen molar-refractivity contribution in [3.05, 3.63) is 65.2 Å². The molecule has 0 fully saturated rings. The number of carbonyl (C=O) groups is 2. The van der Waals surface area contributed by atoms with E-state index in [2.05, 4.69) is 14.7 Å². The molecule has 1 N–H and O–H groups in total. The van der Waals surface area contributed by atoms with Crippen molar-refractivity contribution in [1.29, 1.82) is 0 Å². The van der Waals surface area contributed by atoms with Crippen LogP contribution in [0.3, 0.4) is 0 Å². The zero-order valence-electron chi connectivity index (χ0n) is 27.2. The summed E-state index contributed by atoms with van der Waals surface area (Å²) in [6, 6.07) is 12.8. The first kappa shape index (κ1) is 33.7. The molecule has 0 radical (unpaired) electrons. The van der Waals surface area contributed by atoms with Gasteiger partial charge >= 0.3 is 6.09 Å². The summed E-state index contributed by atoms with van der Waals surface area (Å²) in [5.41, 5.74) is 3.38. The number of ether oxygens (including phenoxy) is 2. The summed E-state index contributed by atoms with van der Waals surface area (Å²) in [6.07, 6.45) is -1.13. The van der Waals surface area contributed by atoms with Crippen molar-refractivity contribution < 1.29 is 27.5 Å². The monoisotopic (exact) mass is 637 g/mol. The maximum atomic E-state index is 14.4. The molecule has 2 heterocycles. The van der Waals surface area contributed by atoms with E-state index < -0.39 is 34.2 Å². The Balaban J connectivity index is 1.91. The third kappa shape index (κ3) is 7.73. The van der Waals surface area contributed by atoms with Crippen molar-refractivity contribution in [1.82, 2.24) is 19.8 Å². The van der Waals surface area contributed by atoms with Crippen LogP contribution < -0.4 is 9.46 Å². The maximum absolute atomic E-state index is 14.4. The Morgan fingerprint density at radius 3 is 2.36 bits per heavy atom. The number of rotatable bonds is 7. The highest BCUT2D eigenvalue weighted by atomic mass is 32.2. The van der Waals surface area contributed by atoms with Gasteiger partial charge in [-0.25, -0.2) is 22.9 Å². The Morgan fingerprint density at radius 1 is 1.07 bits per heavy atom. The molecule has 1 aromatic heterocycles. The second-order valence-electron chi connectivity index (χ2n) is 12.0. The number of sulfonamides is 1. The normalized spacial score (nSPS) is 17.0. The summed E-state index contributed by atoms with van der Waals surface area (Å²) in [4.78, 5) is 39.5. The number of hydrogen-bond donors (Lipinski definition) is 1. The number of nitrogens with zero attached hydrogens (tertiary/aromatic N) is 4. The lowest BCUT2D eigenvalue weighted by Gasteiger charge is -2.41. The van der Waals surface area contributed by atoms with E-state index in [9.17, 15) is 18.0 Å². The van der Waals surface area contributed by atoms with Crippen molar-refractivity contribution >= 4 is 28.0 Å². The predicted octanol–water partition coefficient (Wildman–Crippen LogP) is 6.02. The number of amides is 2. The molecule has 242 valence electrons. The molecule has 0 saturated heterocycles. The van der Waals surface area contributed by atoms with Gasteiger partial charge in [0.2, 0.25) is 11.8 Å². The van der Waals surface area contributed by atoms with Crippen LogP contribution in [0.15, 0.2) is 53.4 Å². The molecule has 11 nitrogen and oxygen atoms in total. The van der Waals surface area contributed by atoms with Gasteiger partial charge in [-0.3, -0.25) is 9.69 Å². The lowest BCUT2D eigenvalue weighted by molar-refractivity contribution is -0.00110. The lowest BCUT2D eigenvalue weighted by Crippen LogP contribution is -2.57.